The zero-order valence-electron chi connectivity index (χ0n) is 11.3. The highest BCUT2D eigenvalue weighted by Gasteiger charge is 2.15. The molecule has 0 unspecified atom stereocenters. The first-order chi connectivity index (χ1) is 10.3. The van der Waals surface area contributed by atoms with Gasteiger partial charge >= 0.3 is 0 Å². The second-order valence-electron chi connectivity index (χ2n) is 4.12. The molecule has 0 fully saturated rings. The normalized spacial score (nSPS) is 11.2. The number of hydrogen-bond acceptors (Lipinski definition) is 6. The van der Waals surface area contributed by atoms with Gasteiger partial charge in [-0.1, -0.05) is 0 Å². The van der Waals surface area contributed by atoms with Crippen molar-refractivity contribution in [2.75, 3.05) is 11.9 Å². The number of aromatic amines is 1. The highest BCUT2D eigenvalue weighted by molar-refractivity contribution is 7.85. The van der Waals surface area contributed by atoms with E-state index in [-0.39, 0.29) is 15.6 Å². The highest BCUT2D eigenvalue weighted by Crippen LogP contribution is 2.26. The van der Waals surface area contributed by atoms with E-state index >= 15 is 0 Å². The number of anilines is 1. The smallest absolute Gasteiger partial charge is 0.294 e. The van der Waals surface area contributed by atoms with Crippen molar-refractivity contribution in [1.82, 2.24) is 15.5 Å². The number of rotatable bonds is 4. The molecule has 0 bridgehead atoms. The lowest BCUT2D eigenvalue weighted by Gasteiger charge is -2.10. The lowest BCUT2D eigenvalue weighted by Crippen LogP contribution is -2.28. The first kappa shape index (κ1) is 16.5. The summed E-state index contributed by atoms with van der Waals surface area (Å²) in [4.78, 5) is -0.277. The highest BCUT2D eigenvalue weighted by atomic mass is 32.2. The maximum atomic E-state index is 11.4. The van der Waals surface area contributed by atoms with Gasteiger partial charge in [-0.3, -0.25) is 4.55 Å². The van der Waals surface area contributed by atoms with Crippen molar-refractivity contribution < 1.29 is 17.4 Å². The van der Waals surface area contributed by atoms with Crippen LogP contribution in [-0.2, 0) is 10.1 Å². The van der Waals surface area contributed by atoms with Crippen molar-refractivity contribution in [3.63, 3.8) is 0 Å². The number of thiocarbonyl (C=S) groups is 1. The summed E-state index contributed by atoms with van der Waals surface area (Å²) >= 11 is 9.82. The van der Waals surface area contributed by atoms with E-state index in [4.69, 9.17) is 28.9 Å². The number of nitrogens with zero attached hydrogens (tertiary/aromatic N) is 1. The van der Waals surface area contributed by atoms with Crippen LogP contribution in [-0.4, -0.2) is 34.8 Å². The molecule has 0 aliphatic carbocycles. The van der Waals surface area contributed by atoms with Crippen LogP contribution in [0, 0.1) is 4.84 Å². The van der Waals surface area contributed by atoms with E-state index in [1.807, 2.05) is 6.92 Å². The maximum absolute atomic E-state index is 11.4. The maximum Gasteiger partial charge on any atom is 0.294 e. The minimum absolute atomic E-state index is 0.0462. The van der Waals surface area contributed by atoms with Gasteiger partial charge in [-0.2, -0.15) is 8.42 Å². The Morgan fingerprint density at radius 2 is 2.18 bits per heavy atom. The van der Waals surface area contributed by atoms with Crippen molar-refractivity contribution in [1.29, 1.82) is 0 Å². The topological polar surface area (TPSA) is 120 Å². The molecule has 2 aromatic rings. The molecule has 0 spiro atoms. The van der Waals surface area contributed by atoms with E-state index < -0.39 is 10.1 Å². The Hall–Kier alpha value is -1.82. The van der Waals surface area contributed by atoms with E-state index in [9.17, 15) is 13.0 Å². The van der Waals surface area contributed by atoms with Crippen molar-refractivity contribution in [3.8, 4) is 11.5 Å². The Morgan fingerprint density at radius 1 is 1.45 bits per heavy atom. The van der Waals surface area contributed by atoms with Gasteiger partial charge in [0.05, 0.1) is 4.90 Å². The molecule has 22 heavy (non-hydrogen) atoms. The van der Waals surface area contributed by atoms with E-state index in [1.165, 1.54) is 12.1 Å². The van der Waals surface area contributed by atoms with Gasteiger partial charge in [-0.25, -0.2) is 5.10 Å². The summed E-state index contributed by atoms with van der Waals surface area (Å²) in [6, 6.07) is 4.02. The molecule has 1 heterocycles. The monoisotopic (exact) mass is 360 g/mol. The predicted octanol–water partition coefficient (Wildman–Crippen LogP) is 1.95. The average molecular weight is 360 g/mol. The molecule has 11 heteroatoms. The summed E-state index contributed by atoms with van der Waals surface area (Å²) in [5.74, 6) is 0.0907. The summed E-state index contributed by atoms with van der Waals surface area (Å²) < 4.78 is 37.2. The summed E-state index contributed by atoms with van der Waals surface area (Å²) in [5.41, 5.74) is 0.657. The Bertz CT molecular complexity index is 856. The van der Waals surface area contributed by atoms with Gasteiger partial charge in [0.15, 0.2) is 5.11 Å². The molecule has 0 amide bonds. The molecule has 0 atom stereocenters. The molecular formula is C11H12N4O4S3. The van der Waals surface area contributed by atoms with Crippen LogP contribution in [0.5, 0.6) is 0 Å². The molecule has 0 saturated carbocycles. The fourth-order valence-electron chi connectivity index (χ4n) is 1.63. The quantitative estimate of drug-likeness (QED) is 0.479. The molecule has 8 nitrogen and oxygen atoms in total. The van der Waals surface area contributed by atoms with Gasteiger partial charge in [-0.05, 0) is 49.6 Å². The van der Waals surface area contributed by atoms with Crippen LogP contribution in [0.1, 0.15) is 6.92 Å². The molecule has 1 aromatic carbocycles. The van der Waals surface area contributed by atoms with Crippen LogP contribution in [0.3, 0.4) is 0 Å². The Morgan fingerprint density at radius 3 is 2.73 bits per heavy atom. The fourth-order valence-corrected chi connectivity index (χ4v) is 2.57. The summed E-state index contributed by atoms with van der Waals surface area (Å²) in [6.07, 6.45) is 0. The van der Waals surface area contributed by atoms with Gasteiger partial charge in [0.2, 0.25) is 5.89 Å². The number of aromatic nitrogens is 2. The van der Waals surface area contributed by atoms with Gasteiger partial charge < -0.3 is 15.1 Å². The van der Waals surface area contributed by atoms with Crippen LogP contribution in [0.2, 0.25) is 0 Å². The van der Waals surface area contributed by atoms with E-state index in [0.717, 1.165) is 0 Å². The summed E-state index contributed by atoms with van der Waals surface area (Å²) in [5, 5.41) is 12.2. The lowest BCUT2D eigenvalue weighted by molar-refractivity contribution is 0.483. The van der Waals surface area contributed by atoms with Gasteiger partial charge in [0, 0.05) is 17.8 Å². The zero-order valence-corrected chi connectivity index (χ0v) is 13.7. The number of hydrogen-bond donors (Lipinski definition) is 4. The van der Waals surface area contributed by atoms with Gasteiger partial charge in [0.25, 0.3) is 15.0 Å². The number of benzene rings is 1. The first-order valence-corrected chi connectivity index (χ1v) is 8.28. The number of nitrogens with one attached hydrogen (secondary N) is 3. The third kappa shape index (κ3) is 4.10. The zero-order chi connectivity index (χ0) is 16.3. The van der Waals surface area contributed by atoms with Crippen LogP contribution < -0.4 is 10.6 Å². The van der Waals surface area contributed by atoms with Crippen LogP contribution in [0.25, 0.3) is 11.5 Å². The molecule has 4 N–H and O–H groups in total. The first-order valence-electron chi connectivity index (χ1n) is 6.03. The van der Waals surface area contributed by atoms with Crippen LogP contribution in [0.4, 0.5) is 5.69 Å². The van der Waals surface area contributed by atoms with Gasteiger partial charge in [-0.15, -0.1) is 5.10 Å². The molecule has 1 aromatic heterocycles. The molecule has 118 valence electrons. The van der Waals surface area contributed by atoms with E-state index in [2.05, 4.69) is 20.8 Å². The standard InChI is InChI=1S/C11H12N4O4S3/c1-2-12-10(20)13-7-3-6(9-14-15-11(21)19-9)4-8(5-7)22(16,17)18/h3-5H,2H2,1H3,(H,15,21)(H2,12,13,20)(H,16,17,18). The van der Waals surface area contributed by atoms with Crippen molar-refractivity contribution in [2.24, 2.45) is 0 Å². The Kier molecular flexibility index (Phi) is 4.90. The Balaban J connectivity index is 2.50. The molecule has 2 rings (SSSR count). The SMILES string of the molecule is CCNC(=S)Nc1cc(-c2n[nH]c(=S)o2)cc(S(=O)(=O)O)c1. The molecule has 0 radical (unpaired) electrons. The summed E-state index contributed by atoms with van der Waals surface area (Å²) in [6.45, 7) is 2.46. The van der Waals surface area contributed by atoms with Gasteiger partial charge in [0.1, 0.15) is 0 Å². The third-order valence-corrected chi connectivity index (χ3v) is 3.74. The molecule has 0 saturated heterocycles. The predicted molar refractivity (Wildman–Crippen MR) is 86.8 cm³/mol. The molecule has 0 aliphatic heterocycles. The fraction of sp³-hybridized carbons (Fsp3) is 0.182. The van der Waals surface area contributed by atoms with Crippen molar-refractivity contribution in [3.05, 3.63) is 23.0 Å². The molecule has 0 aliphatic rings. The van der Waals surface area contributed by atoms with Crippen LogP contribution >= 0.6 is 24.4 Å². The summed E-state index contributed by atoms with van der Waals surface area (Å²) in [7, 11) is -4.41. The van der Waals surface area contributed by atoms with Crippen molar-refractivity contribution in [2.45, 2.75) is 11.8 Å². The van der Waals surface area contributed by atoms with Crippen molar-refractivity contribution >= 4 is 45.4 Å². The average Bonchev–Trinajstić information content (AvgIpc) is 2.84. The second kappa shape index (κ2) is 6.52. The van der Waals surface area contributed by atoms with Crippen LogP contribution in [0.15, 0.2) is 27.5 Å². The minimum atomic E-state index is -4.41. The third-order valence-electron chi connectivity index (χ3n) is 2.48. The van der Waals surface area contributed by atoms with E-state index in [0.29, 0.717) is 22.9 Å². The minimum Gasteiger partial charge on any atom is -0.409 e. The number of H-pyrrole nitrogens is 1. The second-order valence-corrected chi connectivity index (χ2v) is 6.32. The molecular weight excluding hydrogens is 348 g/mol. The lowest BCUT2D eigenvalue weighted by atomic mass is 10.2. The van der Waals surface area contributed by atoms with E-state index in [1.54, 1.807) is 6.07 Å². The Labute approximate surface area is 136 Å². The largest absolute Gasteiger partial charge is 0.409 e.